The van der Waals surface area contributed by atoms with Crippen molar-refractivity contribution in [2.45, 2.75) is 37.9 Å². The van der Waals surface area contributed by atoms with Crippen molar-refractivity contribution in [1.29, 1.82) is 0 Å². The first kappa shape index (κ1) is 15.3. The Balaban J connectivity index is 1.99. The molecule has 2 rings (SSSR count). The molecule has 0 bridgehead atoms. The Morgan fingerprint density at radius 1 is 0.900 bits per heavy atom. The van der Waals surface area contributed by atoms with E-state index in [9.17, 15) is 0 Å². The number of hydrogen-bond acceptors (Lipinski definition) is 0. The van der Waals surface area contributed by atoms with Gasteiger partial charge in [0.25, 0.3) is 0 Å². The number of benzene rings is 2. The van der Waals surface area contributed by atoms with Gasteiger partial charge in [-0.15, -0.1) is 0 Å². The highest BCUT2D eigenvalue weighted by molar-refractivity contribution is 9.09. The molecule has 20 heavy (non-hydrogen) atoms. The number of rotatable bonds is 6. The van der Waals surface area contributed by atoms with Crippen LogP contribution in [0.1, 0.15) is 48.2 Å². The van der Waals surface area contributed by atoms with Gasteiger partial charge in [-0.1, -0.05) is 90.8 Å². The van der Waals surface area contributed by atoms with Gasteiger partial charge in [0.2, 0.25) is 0 Å². The minimum absolute atomic E-state index is 0.475. The minimum atomic E-state index is 0.475. The SMILES string of the molecule is CCC(C)CC(Br)c1ccc(Cc2ccccc2)cc1. The molecule has 0 nitrogen and oxygen atoms in total. The second-order valence-corrected chi connectivity index (χ2v) is 6.73. The fourth-order valence-electron chi connectivity index (χ4n) is 2.33. The normalized spacial score (nSPS) is 13.9. The highest BCUT2D eigenvalue weighted by atomic mass is 79.9. The summed E-state index contributed by atoms with van der Waals surface area (Å²) >= 11 is 3.82. The molecule has 0 aliphatic carbocycles. The van der Waals surface area contributed by atoms with Crippen molar-refractivity contribution in [3.8, 4) is 0 Å². The number of hydrogen-bond donors (Lipinski definition) is 0. The van der Waals surface area contributed by atoms with E-state index in [0.29, 0.717) is 4.83 Å². The van der Waals surface area contributed by atoms with E-state index >= 15 is 0 Å². The van der Waals surface area contributed by atoms with E-state index < -0.39 is 0 Å². The van der Waals surface area contributed by atoms with Crippen molar-refractivity contribution >= 4 is 15.9 Å². The van der Waals surface area contributed by atoms with E-state index in [1.807, 2.05) is 0 Å². The summed E-state index contributed by atoms with van der Waals surface area (Å²) < 4.78 is 0. The van der Waals surface area contributed by atoms with Crippen molar-refractivity contribution in [1.82, 2.24) is 0 Å². The molecule has 106 valence electrons. The third kappa shape index (κ3) is 4.49. The van der Waals surface area contributed by atoms with Crippen molar-refractivity contribution in [2.75, 3.05) is 0 Å². The van der Waals surface area contributed by atoms with E-state index in [0.717, 1.165) is 12.3 Å². The third-order valence-electron chi connectivity index (χ3n) is 3.90. The Hall–Kier alpha value is -1.08. The summed E-state index contributed by atoms with van der Waals surface area (Å²) in [6.45, 7) is 4.57. The summed E-state index contributed by atoms with van der Waals surface area (Å²) in [5.74, 6) is 0.767. The molecule has 0 fully saturated rings. The standard InChI is InChI=1S/C19H23Br/c1-3-15(2)13-19(20)18-11-9-17(10-12-18)14-16-7-5-4-6-8-16/h4-12,15,19H,3,13-14H2,1-2H3. The Kier molecular flexibility index (Phi) is 5.85. The van der Waals surface area contributed by atoms with Crippen LogP contribution >= 0.6 is 15.9 Å². The molecule has 1 heteroatoms. The molecule has 0 spiro atoms. The van der Waals surface area contributed by atoms with Crippen LogP contribution in [0.25, 0.3) is 0 Å². The average Bonchev–Trinajstić information content (AvgIpc) is 2.49. The van der Waals surface area contributed by atoms with E-state index in [-0.39, 0.29) is 0 Å². The molecule has 0 saturated carbocycles. The summed E-state index contributed by atoms with van der Waals surface area (Å²) in [5.41, 5.74) is 4.14. The number of halogens is 1. The van der Waals surface area contributed by atoms with Crippen molar-refractivity contribution < 1.29 is 0 Å². The van der Waals surface area contributed by atoms with Crippen molar-refractivity contribution in [3.05, 3.63) is 71.3 Å². The van der Waals surface area contributed by atoms with Gasteiger partial charge in [-0.3, -0.25) is 0 Å². The molecule has 0 aliphatic rings. The highest BCUT2D eigenvalue weighted by Gasteiger charge is 2.11. The van der Waals surface area contributed by atoms with Crippen LogP contribution in [0.4, 0.5) is 0 Å². The predicted molar refractivity (Wildman–Crippen MR) is 91.4 cm³/mol. The second-order valence-electron chi connectivity index (χ2n) is 5.62. The zero-order valence-corrected chi connectivity index (χ0v) is 13.9. The van der Waals surface area contributed by atoms with Crippen LogP contribution in [0.2, 0.25) is 0 Å². The maximum Gasteiger partial charge on any atom is 0.0397 e. The van der Waals surface area contributed by atoms with Gasteiger partial charge in [0.05, 0.1) is 0 Å². The van der Waals surface area contributed by atoms with E-state index in [1.165, 1.54) is 29.5 Å². The molecule has 2 aromatic rings. The molecule has 0 amide bonds. The smallest absolute Gasteiger partial charge is 0.0397 e. The lowest BCUT2D eigenvalue weighted by Crippen LogP contribution is -1.99. The highest BCUT2D eigenvalue weighted by Crippen LogP contribution is 2.31. The fourth-order valence-corrected chi connectivity index (χ4v) is 3.28. The lowest BCUT2D eigenvalue weighted by molar-refractivity contribution is 0.514. The molecule has 2 atom stereocenters. The van der Waals surface area contributed by atoms with Gasteiger partial charge < -0.3 is 0 Å². The first-order chi connectivity index (χ1) is 9.69. The van der Waals surface area contributed by atoms with Gasteiger partial charge in [-0.2, -0.15) is 0 Å². The number of alkyl halides is 1. The first-order valence-corrected chi connectivity index (χ1v) is 8.37. The second kappa shape index (κ2) is 7.64. The monoisotopic (exact) mass is 330 g/mol. The summed E-state index contributed by atoms with van der Waals surface area (Å²) in [4.78, 5) is 0.475. The fraction of sp³-hybridized carbons (Fsp3) is 0.368. The maximum absolute atomic E-state index is 3.82. The van der Waals surface area contributed by atoms with Gasteiger partial charge in [0.1, 0.15) is 0 Å². The summed E-state index contributed by atoms with van der Waals surface area (Å²) in [6, 6.07) is 19.7. The zero-order valence-electron chi connectivity index (χ0n) is 12.4. The predicted octanol–water partition coefficient (Wildman–Crippen LogP) is 6.15. The first-order valence-electron chi connectivity index (χ1n) is 7.46. The zero-order chi connectivity index (χ0) is 14.4. The quantitative estimate of drug-likeness (QED) is 0.557. The largest absolute Gasteiger partial charge is 0.0839 e. The van der Waals surface area contributed by atoms with Gasteiger partial charge in [0, 0.05) is 4.83 Å². The van der Waals surface area contributed by atoms with Crippen LogP contribution in [0, 0.1) is 5.92 Å². The molecular weight excluding hydrogens is 308 g/mol. The lowest BCUT2D eigenvalue weighted by Gasteiger charge is -2.15. The molecule has 0 aliphatic heterocycles. The van der Waals surface area contributed by atoms with Gasteiger partial charge in [-0.25, -0.2) is 0 Å². The van der Waals surface area contributed by atoms with Crippen LogP contribution in [-0.2, 0) is 6.42 Å². The van der Waals surface area contributed by atoms with Gasteiger partial charge >= 0.3 is 0 Å². The Bertz CT molecular complexity index is 501. The van der Waals surface area contributed by atoms with E-state index in [4.69, 9.17) is 0 Å². The van der Waals surface area contributed by atoms with Crippen molar-refractivity contribution in [3.63, 3.8) is 0 Å². The molecule has 0 N–H and O–H groups in total. The van der Waals surface area contributed by atoms with Crippen LogP contribution in [0.5, 0.6) is 0 Å². The lowest BCUT2D eigenvalue weighted by atomic mass is 9.97. The Morgan fingerprint density at radius 3 is 2.10 bits per heavy atom. The molecule has 2 unspecified atom stereocenters. The molecule has 0 saturated heterocycles. The van der Waals surface area contributed by atoms with Crippen LogP contribution in [0.15, 0.2) is 54.6 Å². The molecule has 0 heterocycles. The topological polar surface area (TPSA) is 0 Å². The summed E-state index contributed by atoms with van der Waals surface area (Å²) in [6.07, 6.45) is 3.46. The van der Waals surface area contributed by atoms with Gasteiger partial charge in [-0.05, 0) is 35.4 Å². The molecule has 0 radical (unpaired) electrons. The molecule has 0 aromatic heterocycles. The third-order valence-corrected chi connectivity index (χ3v) is 4.80. The Morgan fingerprint density at radius 2 is 1.50 bits per heavy atom. The van der Waals surface area contributed by atoms with Gasteiger partial charge in [0.15, 0.2) is 0 Å². The Labute approximate surface area is 131 Å². The average molecular weight is 331 g/mol. The maximum atomic E-state index is 3.82. The van der Waals surface area contributed by atoms with Crippen LogP contribution < -0.4 is 0 Å². The van der Waals surface area contributed by atoms with E-state index in [2.05, 4.69) is 84.4 Å². The van der Waals surface area contributed by atoms with Crippen molar-refractivity contribution in [2.24, 2.45) is 5.92 Å². The molecule has 2 aromatic carbocycles. The van der Waals surface area contributed by atoms with Crippen LogP contribution in [0.3, 0.4) is 0 Å². The molecular formula is C19H23Br. The summed E-state index contributed by atoms with van der Waals surface area (Å²) in [7, 11) is 0. The van der Waals surface area contributed by atoms with E-state index in [1.54, 1.807) is 0 Å². The van der Waals surface area contributed by atoms with Crippen LogP contribution in [-0.4, -0.2) is 0 Å². The minimum Gasteiger partial charge on any atom is -0.0839 e. The summed E-state index contributed by atoms with van der Waals surface area (Å²) in [5, 5.41) is 0.